The molecule has 2 unspecified atom stereocenters. The molecule has 3 rings (SSSR count). The molecule has 2 fully saturated rings. The molecule has 2 aliphatic rings. The maximum atomic E-state index is 13.8. The molecule has 2 aliphatic heterocycles. The van der Waals surface area contributed by atoms with E-state index in [1.54, 1.807) is 25.2 Å². The highest BCUT2D eigenvalue weighted by atomic mass is 19.1. The van der Waals surface area contributed by atoms with Gasteiger partial charge in [0.2, 0.25) is 5.91 Å². The van der Waals surface area contributed by atoms with E-state index in [9.17, 15) is 9.18 Å². The lowest BCUT2D eigenvalue weighted by molar-refractivity contribution is -0.135. The van der Waals surface area contributed by atoms with Crippen LogP contribution in [0, 0.1) is 5.82 Å². The number of aliphatic imine (C=N–C) groups is 1. The Morgan fingerprint density at radius 1 is 1.10 bits per heavy atom. The fraction of sp³-hybridized carbons (Fsp3) is 0.636. The third kappa shape index (κ3) is 5.62. The number of likely N-dealkylation sites (tertiary alicyclic amines) is 1. The van der Waals surface area contributed by atoms with Crippen LogP contribution in [0.3, 0.4) is 0 Å². The van der Waals surface area contributed by atoms with Crippen molar-refractivity contribution in [3.8, 4) is 5.75 Å². The van der Waals surface area contributed by atoms with Crippen LogP contribution in [0.2, 0.25) is 0 Å². The van der Waals surface area contributed by atoms with Crippen LogP contribution in [0.1, 0.15) is 26.7 Å². The summed E-state index contributed by atoms with van der Waals surface area (Å²) in [6, 6.07) is 6.35. The summed E-state index contributed by atoms with van der Waals surface area (Å²) in [5.41, 5.74) is 0. The normalized spacial score (nSPS) is 20.2. The summed E-state index contributed by atoms with van der Waals surface area (Å²) in [4.78, 5) is 23.5. The van der Waals surface area contributed by atoms with Crippen LogP contribution in [0.5, 0.6) is 5.75 Å². The Morgan fingerprint density at radius 3 is 2.40 bits per heavy atom. The van der Waals surface area contributed by atoms with Gasteiger partial charge in [0, 0.05) is 46.3 Å². The van der Waals surface area contributed by atoms with E-state index >= 15 is 0 Å². The first kappa shape index (κ1) is 22.3. The predicted octanol–water partition coefficient (Wildman–Crippen LogP) is 1.80. The number of hydrogen-bond acceptors (Lipinski definition) is 4. The smallest absolute Gasteiger partial charge is 0.239 e. The van der Waals surface area contributed by atoms with E-state index in [1.807, 2.05) is 18.7 Å². The summed E-state index contributed by atoms with van der Waals surface area (Å²) in [7, 11) is 1.76. The second kappa shape index (κ2) is 10.6. The lowest BCUT2D eigenvalue weighted by atomic mass is 10.2. The van der Waals surface area contributed by atoms with Gasteiger partial charge >= 0.3 is 0 Å². The van der Waals surface area contributed by atoms with Crippen molar-refractivity contribution in [2.24, 2.45) is 4.99 Å². The number of hydrogen-bond donors (Lipinski definition) is 1. The van der Waals surface area contributed by atoms with Crippen LogP contribution >= 0.6 is 0 Å². The standard InChI is InChI=1S/C22H34FN5O2/c1-17(30-20-9-5-4-8-19(20)23)16-25-22(24-3)28-14-12-26(13-15-28)18(2)21(29)27-10-6-7-11-27/h4-5,8-9,17-18H,6-7,10-16H2,1-3H3,(H,24,25). The van der Waals surface area contributed by atoms with Crippen molar-refractivity contribution in [3.05, 3.63) is 30.1 Å². The number of benzene rings is 1. The molecule has 30 heavy (non-hydrogen) atoms. The van der Waals surface area contributed by atoms with E-state index in [1.165, 1.54) is 6.07 Å². The third-order valence-electron chi connectivity index (χ3n) is 5.86. The Kier molecular flexibility index (Phi) is 7.90. The van der Waals surface area contributed by atoms with Crippen molar-refractivity contribution < 1.29 is 13.9 Å². The first-order chi connectivity index (χ1) is 14.5. The van der Waals surface area contributed by atoms with Gasteiger partial charge in [-0.3, -0.25) is 14.7 Å². The number of ether oxygens (including phenoxy) is 1. The number of rotatable bonds is 6. The van der Waals surface area contributed by atoms with Gasteiger partial charge in [-0.2, -0.15) is 0 Å². The maximum Gasteiger partial charge on any atom is 0.239 e. The first-order valence-electron chi connectivity index (χ1n) is 10.9. The lowest BCUT2D eigenvalue weighted by Crippen LogP contribution is -2.57. The molecule has 0 aromatic heterocycles. The number of halogens is 1. The van der Waals surface area contributed by atoms with Crippen molar-refractivity contribution in [1.82, 2.24) is 20.0 Å². The summed E-state index contributed by atoms with van der Waals surface area (Å²) >= 11 is 0. The molecule has 0 saturated carbocycles. The monoisotopic (exact) mass is 419 g/mol. The summed E-state index contributed by atoms with van der Waals surface area (Å²) in [6.07, 6.45) is 2.03. The van der Waals surface area contributed by atoms with E-state index in [0.717, 1.165) is 58.1 Å². The third-order valence-corrected chi connectivity index (χ3v) is 5.86. The fourth-order valence-corrected chi connectivity index (χ4v) is 4.04. The van der Waals surface area contributed by atoms with Crippen LogP contribution in [-0.2, 0) is 4.79 Å². The second-order valence-electron chi connectivity index (χ2n) is 8.02. The number of amides is 1. The largest absolute Gasteiger partial charge is 0.486 e. The molecule has 2 heterocycles. The van der Waals surface area contributed by atoms with E-state index in [-0.39, 0.29) is 29.6 Å². The maximum absolute atomic E-state index is 13.8. The number of carbonyl (C=O) groups excluding carboxylic acids is 1. The SMILES string of the molecule is CN=C(NCC(C)Oc1ccccc1F)N1CCN(C(C)C(=O)N2CCCC2)CC1. The number of nitrogens with zero attached hydrogens (tertiary/aromatic N) is 4. The Labute approximate surface area is 178 Å². The average molecular weight is 420 g/mol. The zero-order valence-corrected chi connectivity index (χ0v) is 18.3. The molecule has 0 aliphatic carbocycles. The molecule has 0 bridgehead atoms. The van der Waals surface area contributed by atoms with Gasteiger partial charge in [-0.05, 0) is 38.8 Å². The quantitative estimate of drug-likeness (QED) is 0.563. The van der Waals surface area contributed by atoms with E-state index in [2.05, 4.69) is 20.1 Å². The van der Waals surface area contributed by atoms with Crippen molar-refractivity contribution in [2.75, 3.05) is 52.9 Å². The van der Waals surface area contributed by atoms with Crippen LogP contribution in [0.25, 0.3) is 0 Å². The van der Waals surface area contributed by atoms with Gasteiger partial charge in [0.05, 0.1) is 12.6 Å². The molecular weight excluding hydrogens is 385 g/mol. The zero-order chi connectivity index (χ0) is 21.5. The van der Waals surface area contributed by atoms with Gasteiger partial charge in [-0.25, -0.2) is 4.39 Å². The zero-order valence-electron chi connectivity index (χ0n) is 18.3. The average Bonchev–Trinajstić information content (AvgIpc) is 3.30. The highest BCUT2D eigenvalue weighted by Crippen LogP contribution is 2.17. The number of nitrogens with one attached hydrogen (secondary N) is 1. The molecule has 7 nitrogen and oxygen atoms in total. The summed E-state index contributed by atoms with van der Waals surface area (Å²) < 4.78 is 19.4. The predicted molar refractivity (Wildman–Crippen MR) is 116 cm³/mol. The molecule has 8 heteroatoms. The summed E-state index contributed by atoms with van der Waals surface area (Å²) in [6.45, 7) is 9.48. The minimum atomic E-state index is -0.359. The van der Waals surface area contributed by atoms with Crippen molar-refractivity contribution >= 4 is 11.9 Å². The van der Waals surface area contributed by atoms with Crippen LogP contribution in [-0.4, -0.2) is 91.6 Å². The van der Waals surface area contributed by atoms with Crippen molar-refractivity contribution in [2.45, 2.75) is 38.8 Å². The van der Waals surface area contributed by atoms with Gasteiger partial charge in [0.15, 0.2) is 17.5 Å². The van der Waals surface area contributed by atoms with Crippen molar-refractivity contribution in [3.63, 3.8) is 0 Å². The number of carbonyl (C=O) groups is 1. The molecule has 0 spiro atoms. The highest BCUT2D eigenvalue weighted by Gasteiger charge is 2.30. The first-order valence-corrected chi connectivity index (χ1v) is 10.9. The van der Waals surface area contributed by atoms with E-state index in [4.69, 9.17) is 4.74 Å². The van der Waals surface area contributed by atoms with E-state index < -0.39 is 0 Å². The van der Waals surface area contributed by atoms with E-state index in [0.29, 0.717) is 6.54 Å². The molecule has 1 N–H and O–H groups in total. The van der Waals surface area contributed by atoms with Gasteiger partial charge in [-0.15, -0.1) is 0 Å². The Bertz CT molecular complexity index is 730. The Balaban J connectivity index is 1.44. The molecule has 0 radical (unpaired) electrons. The highest BCUT2D eigenvalue weighted by molar-refractivity contribution is 5.82. The van der Waals surface area contributed by atoms with Gasteiger partial charge in [0.1, 0.15) is 6.10 Å². The lowest BCUT2D eigenvalue weighted by Gasteiger charge is -2.39. The van der Waals surface area contributed by atoms with Crippen LogP contribution in [0.15, 0.2) is 29.3 Å². The fourth-order valence-electron chi connectivity index (χ4n) is 4.04. The van der Waals surface area contributed by atoms with Gasteiger partial charge in [0.25, 0.3) is 0 Å². The number of para-hydroxylation sites is 1. The topological polar surface area (TPSA) is 60.4 Å². The second-order valence-corrected chi connectivity index (χ2v) is 8.02. The van der Waals surface area contributed by atoms with Crippen LogP contribution in [0.4, 0.5) is 4.39 Å². The van der Waals surface area contributed by atoms with Gasteiger partial charge < -0.3 is 19.9 Å². The minimum Gasteiger partial charge on any atom is -0.486 e. The van der Waals surface area contributed by atoms with Crippen LogP contribution < -0.4 is 10.1 Å². The molecule has 1 aromatic rings. The number of guanidine groups is 1. The number of piperazine rings is 1. The van der Waals surface area contributed by atoms with Gasteiger partial charge in [-0.1, -0.05) is 12.1 Å². The Morgan fingerprint density at radius 2 is 1.77 bits per heavy atom. The molecular formula is C22H34FN5O2. The molecule has 2 saturated heterocycles. The summed E-state index contributed by atoms with van der Waals surface area (Å²) in [5.74, 6) is 0.953. The summed E-state index contributed by atoms with van der Waals surface area (Å²) in [5, 5.41) is 3.32. The van der Waals surface area contributed by atoms with Crippen molar-refractivity contribution in [1.29, 1.82) is 0 Å². The minimum absolute atomic E-state index is 0.0746. The Hall–Kier alpha value is -2.35. The molecule has 1 amide bonds. The molecule has 1 aromatic carbocycles. The molecule has 2 atom stereocenters. The molecule has 166 valence electrons.